The normalized spacial score (nSPS) is 19.2. The van der Waals surface area contributed by atoms with E-state index in [1.807, 2.05) is 6.07 Å². The number of hydrogen-bond donors (Lipinski definition) is 2. The Morgan fingerprint density at radius 3 is 2.58 bits per heavy atom. The maximum Gasteiger partial charge on any atom is 0.237 e. The van der Waals surface area contributed by atoms with Crippen molar-refractivity contribution in [1.82, 2.24) is 15.4 Å². The average molecular weight is 427 g/mol. The second kappa shape index (κ2) is 9.64. The van der Waals surface area contributed by atoms with Crippen molar-refractivity contribution in [2.75, 3.05) is 26.7 Å². The molecule has 7 nitrogen and oxygen atoms in total. The van der Waals surface area contributed by atoms with Crippen molar-refractivity contribution >= 4 is 11.8 Å². The third-order valence-corrected chi connectivity index (χ3v) is 6.09. The van der Waals surface area contributed by atoms with Crippen molar-refractivity contribution in [2.45, 2.75) is 45.4 Å². The van der Waals surface area contributed by atoms with E-state index in [1.54, 1.807) is 7.05 Å². The monoisotopic (exact) mass is 426 g/mol. The largest absolute Gasteiger partial charge is 0.368 e. The number of nitrogens with one attached hydrogen (secondary N) is 1. The first-order valence-corrected chi connectivity index (χ1v) is 10.9. The summed E-state index contributed by atoms with van der Waals surface area (Å²) in [5, 5.41) is 7.71. The van der Waals surface area contributed by atoms with E-state index < -0.39 is 5.91 Å². The van der Waals surface area contributed by atoms with Crippen LogP contribution in [0.5, 0.6) is 0 Å². The second-order valence-corrected chi connectivity index (χ2v) is 9.65. The Bertz CT molecular complexity index is 898. The lowest BCUT2D eigenvalue weighted by Gasteiger charge is -2.32. The SMILES string of the molecule is CN(CC(N)=O)C(=O)C[C@@H]1CCNC[C@H]1Cc1cc(-c2ccc(C(C)(C)C)cc2)on1. The summed E-state index contributed by atoms with van der Waals surface area (Å²) < 4.78 is 5.62. The quantitative estimate of drug-likeness (QED) is 0.709. The number of piperidine rings is 1. The summed E-state index contributed by atoms with van der Waals surface area (Å²) in [6, 6.07) is 10.4. The van der Waals surface area contributed by atoms with Crippen molar-refractivity contribution in [1.29, 1.82) is 0 Å². The molecule has 0 saturated carbocycles. The van der Waals surface area contributed by atoms with Crippen LogP contribution in [0.25, 0.3) is 11.3 Å². The van der Waals surface area contributed by atoms with Crippen LogP contribution in [0.2, 0.25) is 0 Å². The van der Waals surface area contributed by atoms with Gasteiger partial charge in [-0.05, 0) is 48.7 Å². The van der Waals surface area contributed by atoms with Gasteiger partial charge in [-0.15, -0.1) is 0 Å². The van der Waals surface area contributed by atoms with Gasteiger partial charge in [0.15, 0.2) is 5.76 Å². The van der Waals surface area contributed by atoms with E-state index in [0.717, 1.165) is 42.9 Å². The van der Waals surface area contributed by atoms with Crippen LogP contribution in [0.15, 0.2) is 34.9 Å². The summed E-state index contributed by atoms with van der Waals surface area (Å²) in [5.74, 6) is 0.725. The minimum absolute atomic E-state index is 0.0459. The molecule has 2 heterocycles. The fourth-order valence-corrected chi connectivity index (χ4v) is 4.13. The van der Waals surface area contributed by atoms with Gasteiger partial charge in [-0.2, -0.15) is 0 Å². The number of likely N-dealkylation sites (N-methyl/N-ethyl adjacent to an activating group) is 1. The first-order valence-electron chi connectivity index (χ1n) is 10.9. The summed E-state index contributed by atoms with van der Waals surface area (Å²) in [4.78, 5) is 25.0. The molecule has 3 N–H and O–H groups in total. The van der Waals surface area contributed by atoms with Crippen LogP contribution in [0, 0.1) is 11.8 Å². The predicted molar refractivity (Wildman–Crippen MR) is 120 cm³/mol. The first-order chi connectivity index (χ1) is 14.6. The van der Waals surface area contributed by atoms with E-state index in [-0.39, 0.29) is 29.7 Å². The van der Waals surface area contributed by atoms with Gasteiger partial charge in [0.1, 0.15) is 0 Å². The number of rotatable bonds is 7. The lowest BCUT2D eigenvalue weighted by Crippen LogP contribution is -2.42. The predicted octanol–water partition coefficient (Wildman–Crippen LogP) is 2.74. The second-order valence-electron chi connectivity index (χ2n) is 9.65. The third kappa shape index (κ3) is 6.17. The molecule has 2 aromatic rings. The van der Waals surface area contributed by atoms with E-state index >= 15 is 0 Å². The number of carbonyl (C=O) groups excluding carboxylic acids is 2. The minimum atomic E-state index is -0.497. The van der Waals surface area contributed by atoms with Crippen LogP contribution in [0.1, 0.15) is 44.9 Å². The number of primary amides is 1. The molecule has 168 valence electrons. The van der Waals surface area contributed by atoms with Crippen LogP contribution in [-0.4, -0.2) is 48.6 Å². The van der Waals surface area contributed by atoms with Crippen molar-refractivity contribution < 1.29 is 14.1 Å². The zero-order chi connectivity index (χ0) is 22.6. The molecule has 2 amide bonds. The number of benzene rings is 1. The number of amides is 2. The Morgan fingerprint density at radius 1 is 1.23 bits per heavy atom. The molecule has 7 heteroatoms. The summed E-state index contributed by atoms with van der Waals surface area (Å²) in [6.07, 6.45) is 2.07. The average Bonchev–Trinajstić information content (AvgIpc) is 3.17. The van der Waals surface area contributed by atoms with Crippen molar-refractivity contribution in [3.8, 4) is 11.3 Å². The van der Waals surface area contributed by atoms with E-state index in [0.29, 0.717) is 6.42 Å². The molecular formula is C24H34N4O3. The van der Waals surface area contributed by atoms with E-state index in [9.17, 15) is 9.59 Å². The molecule has 1 aromatic carbocycles. The molecule has 0 radical (unpaired) electrons. The molecule has 0 bridgehead atoms. The molecule has 3 rings (SSSR count). The van der Waals surface area contributed by atoms with Gasteiger partial charge in [-0.25, -0.2) is 0 Å². The van der Waals surface area contributed by atoms with Crippen LogP contribution in [0.3, 0.4) is 0 Å². The van der Waals surface area contributed by atoms with Gasteiger partial charge in [0.05, 0.1) is 12.2 Å². The summed E-state index contributed by atoms with van der Waals surface area (Å²) in [5.41, 5.74) is 8.50. The zero-order valence-corrected chi connectivity index (χ0v) is 19.0. The van der Waals surface area contributed by atoms with Gasteiger partial charge < -0.3 is 20.5 Å². The third-order valence-electron chi connectivity index (χ3n) is 6.09. The van der Waals surface area contributed by atoms with Crippen molar-refractivity contribution in [3.63, 3.8) is 0 Å². The Labute approximate surface area is 184 Å². The minimum Gasteiger partial charge on any atom is -0.368 e. The highest BCUT2D eigenvalue weighted by molar-refractivity contribution is 5.83. The van der Waals surface area contributed by atoms with Crippen LogP contribution < -0.4 is 11.1 Å². The summed E-state index contributed by atoms with van der Waals surface area (Å²) >= 11 is 0. The number of hydrogen-bond acceptors (Lipinski definition) is 5. The smallest absolute Gasteiger partial charge is 0.237 e. The van der Waals surface area contributed by atoms with Gasteiger partial charge in [-0.1, -0.05) is 50.2 Å². The highest BCUT2D eigenvalue weighted by Gasteiger charge is 2.29. The first kappa shape index (κ1) is 23.0. The zero-order valence-electron chi connectivity index (χ0n) is 19.0. The standard InChI is InChI=1S/C24H34N4O3/c1-24(2,3)19-7-5-16(6-8-19)21-13-20(27-31-21)11-18-14-26-10-9-17(18)12-23(30)28(4)15-22(25)29/h5-8,13,17-18,26H,9-12,14-15H2,1-4H3,(H2,25,29)/t17-,18+/m0/s1. The van der Waals surface area contributed by atoms with E-state index in [2.05, 4.69) is 55.5 Å². The molecule has 1 saturated heterocycles. The van der Waals surface area contributed by atoms with Crippen molar-refractivity contribution in [3.05, 3.63) is 41.6 Å². The van der Waals surface area contributed by atoms with Gasteiger partial charge in [-0.3, -0.25) is 9.59 Å². The highest BCUT2D eigenvalue weighted by Crippen LogP contribution is 2.30. The number of nitrogens with zero attached hydrogens (tertiary/aromatic N) is 2. The molecule has 1 fully saturated rings. The summed E-state index contributed by atoms with van der Waals surface area (Å²) in [7, 11) is 1.62. The summed E-state index contributed by atoms with van der Waals surface area (Å²) in [6.45, 7) is 8.26. The Kier molecular flexibility index (Phi) is 7.15. The molecule has 0 unspecified atom stereocenters. The molecule has 0 aliphatic carbocycles. The molecule has 1 aliphatic heterocycles. The fourth-order valence-electron chi connectivity index (χ4n) is 4.13. The molecule has 1 aliphatic rings. The Morgan fingerprint density at radius 2 is 1.94 bits per heavy atom. The number of carbonyl (C=O) groups is 2. The van der Waals surface area contributed by atoms with Gasteiger partial charge >= 0.3 is 0 Å². The fraction of sp³-hybridized carbons (Fsp3) is 0.542. The lowest BCUT2D eigenvalue weighted by atomic mass is 9.81. The van der Waals surface area contributed by atoms with E-state index in [4.69, 9.17) is 10.3 Å². The number of nitrogens with two attached hydrogens (primary N) is 1. The maximum absolute atomic E-state index is 12.5. The van der Waals surface area contributed by atoms with Crippen molar-refractivity contribution in [2.24, 2.45) is 17.6 Å². The topological polar surface area (TPSA) is 101 Å². The molecule has 1 aromatic heterocycles. The Balaban J connectivity index is 1.65. The molecule has 0 spiro atoms. The Hall–Kier alpha value is -2.67. The molecular weight excluding hydrogens is 392 g/mol. The molecule has 31 heavy (non-hydrogen) atoms. The lowest BCUT2D eigenvalue weighted by molar-refractivity contribution is -0.135. The van der Waals surface area contributed by atoms with Crippen LogP contribution in [0.4, 0.5) is 0 Å². The number of aromatic nitrogens is 1. The van der Waals surface area contributed by atoms with Gasteiger partial charge in [0.25, 0.3) is 0 Å². The highest BCUT2D eigenvalue weighted by atomic mass is 16.5. The van der Waals surface area contributed by atoms with Gasteiger partial charge in [0.2, 0.25) is 11.8 Å². The van der Waals surface area contributed by atoms with Crippen LogP contribution >= 0.6 is 0 Å². The van der Waals surface area contributed by atoms with Gasteiger partial charge in [0, 0.05) is 25.1 Å². The maximum atomic E-state index is 12.5. The van der Waals surface area contributed by atoms with E-state index in [1.165, 1.54) is 10.5 Å². The molecule has 2 atom stereocenters. The van der Waals surface area contributed by atoms with Crippen LogP contribution in [-0.2, 0) is 21.4 Å².